The minimum absolute atomic E-state index is 0.215. The molecule has 5 nitrogen and oxygen atoms in total. The molecule has 0 aliphatic carbocycles. The molecule has 3 aromatic rings. The molecular formula is C23H23ClN2O3S. The minimum Gasteiger partial charge on any atom is -0.322 e. The van der Waals surface area contributed by atoms with E-state index in [2.05, 4.69) is 5.32 Å². The van der Waals surface area contributed by atoms with Crippen molar-refractivity contribution in [2.75, 3.05) is 15.9 Å². The molecule has 1 amide bonds. The van der Waals surface area contributed by atoms with Gasteiger partial charge in [0, 0.05) is 16.3 Å². The third kappa shape index (κ3) is 5.40. The number of nitrogens with zero attached hydrogens (tertiary/aromatic N) is 1. The maximum atomic E-state index is 12.6. The molecule has 0 radical (unpaired) electrons. The molecule has 156 valence electrons. The van der Waals surface area contributed by atoms with Crippen LogP contribution in [-0.4, -0.2) is 20.6 Å². The van der Waals surface area contributed by atoms with E-state index in [0.29, 0.717) is 22.0 Å². The van der Waals surface area contributed by atoms with E-state index in [0.717, 1.165) is 16.7 Å². The van der Waals surface area contributed by atoms with Crippen LogP contribution >= 0.6 is 11.6 Å². The van der Waals surface area contributed by atoms with Crippen LogP contribution in [-0.2, 0) is 16.6 Å². The summed E-state index contributed by atoms with van der Waals surface area (Å²) in [4.78, 5) is 12.6. The maximum absolute atomic E-state index is 12.6. The summed E-state index contributed by atoms with van der Waals surface area (Å²) >= 11 is 6.01. The molecule has 1 N–H and O–H groups in total. The normalized spacial score (nSPS) is 11.2. The molecule has 0 saturated carbocycles. The Morgan fingerprint density at radius 3 is 2.20 bits per heavy atom. The van der Waals surface area contributed by atoms with Gasteiger partial charge in [0.15, 0.2) is 0 Å². The highest BCUT2D eigenvalue weighted by molar-refractivity contribution is 7.92. The van der Waals surface area contributed by atoms with Crippen molar-refractivity contribution < 1.29 is 13.2 Å². The predicted octanol–water partition coefficient (Wildman–Crippen LogP) is 5.18. The van der Waals surface area contributed by atoms with Crippen LogP contribution in [0.25, 0.3) is 0 Å². The number of hydrogen-bond acceptors (Lipinski definition) is 3. The van der Waals surface area contributed by atoms with Gasteiger partial charge in [0.25, 0.3) is 5.91 Å². The second-order valence-corrected chi connectivity index (χ2v) is 9.56. The van der Waals surface area contributed by atoms with E-state index in [1.54, 1.807) is 36.4 Å². The Balaban J connectivity index is 1.81. The molecule has 0 atom stereocenters. The summed E-state index contributed by atoms with van der Waals surface area (Å²) in [5.41, 5.74) is 4.43. The van der Waals surface area contributed by atoms with Crippen LogP contribution in [0.15, 0.2) is 66.7 Å². The summed E-state index contributed by atoms with van der Waals surface area (Å²) in [7, 11) is -3.50. The highest BCUT2D eigenvalue weighted by Gasteiger charge is 2.18. The summed E-state index contributed by atoms with van der Waals surface area (Å²) < 4.78 is 26.1. The molecule has 0 heterocycles. The molecule has 0 aliphatic rings. The zero-order valence-electron chi connectivity index (χ0n) is 17.0. The Bertz CT molecular complexity index is 1160. The SMILES string of the molecule is Cc1ccc(CN(c2ccc(C(=O)Nc3cc(Cl)ccc3C)cc2)S(C)(=O)=O)cc1. The average Bonchev–Trinajstić information content (AvgIpc) is 2.69. The van der Waals surface area contributed by atoms with Gasteiger partial charge in [-0.2, -0.15) is 0 Å². The fraction of sp³-hybridized carbons (Fsp3) is 0.174. The third-order valence-corrected chi connectivity index (χ3v) is 6.09. The molecule has 0 unspecified atom stereocenters. The van der Waals surface area contributed by atoms with Crippen molar-refractivity contribution in [1.29, 1.82) is 0 Å². The van der Waals surface area contributed by atoms with Crippen molar-refractivity contribution in [3.63, 3.8) is 0 Å². The van der Waals surface area contributed by atoms with E-state index in [4.69, 9.17) is 11.6 Å². The second kappa shape index (κ2) is 8.90. The minimum atomic E-state index is -3.50. The molecule has 0 aromatic heterocycles. The van der Waals surface area contributed by atoms with Gasteiger partial charge in [0.05, 0.1) is 18.5 Å². The van der Waals surface area contributed by atoms with Crippen molar-refractivity contribution >= 4 is 38.9 Å². The lowest BCUT2D eigenvalue weighted by atomic mass is 10.1. The molecule has 3 aromatic carbocycles. The molecular weight excluding hydrogens is 420 g/mol. The summed E-state index contributed by atoms with van der Waals surface area (Å²) in [5, 5.41) is 3.37. The lowest BCUT2D eigenvalue weighted by Gasteiger charge is -2.23. The smallest absolute Gasteiger partial charge is 0.255 e. The van der Waals surface area contributed by atoms with E-state index in [-0.39, 0.29) is 12.5 Å². The number of halogens is 1. The molecule has 0 saturated heterocycles. The maximum Gasteiger partial charge on any atom is 0.255 e. The lowest BCUT2D eigenvalue weighted by molar-refractivity contribution is 0.102. The summed E-state index contributed by atoms with van der Waals surface area (Å²) in [6, 6.07) is 19.5. The molecule has 0 spiro atoms. The van der Waals surface area contributed by atoms with Gasteiger partial charge in [0.1, 0.15) is 0 Å². The quantitative estimate of drug-likeness (QED) is 0.572. The zero-order chi connectivity index (χ0) is 21.9. The van der Waals surface area contributed by atoms with Crippen LogP contribution in [0, 0.1) is 13.8 Å². The van der Waals surface area contributed by atoms with Crippen LogP contribution in [0.5, 0.6) is 0 Å². The molecule has 30 heavy (non-hydrogen) atoms. The zero-order valence-corrected chi connectivity index (χ0v) is 18.6. The van der Waals surface area contributed by atoms with Crippen LogP contribution in [0.1, 0.15) is 27.0 Å². The Morgan fingerprint density at radius 1 is 0.967 bits per heavy atom. The predicted molar refractivity (Wildman–Crippen MR) is 123 cm³/mol. The number of aryl methyl sites for hydroxylation is 2. The number of nitrogens with one attached hydrogen (secondary N) is 1. The van der Waals surface area contributed by atoms with E-state index < -0.39 is 10.0 Å². The van der Waals surface area contributed by atoms with E-state index in [1.165, 1.54) is 10.6 Å². The molecule has 3 rings (SSSR count). The average molecular weight is 443 g/mol. The van der Waals surface area contributed by atoms with Gasteiger partial charge in [-0.3, -0.25) is 9.10 Å². The highest BCUT2D eigenvalue weighted by Crippen LogP contribution is 2.24. The third-order valence-electron chi connectivity index (χ3n) is 4.71. The Kier molecular flexibility index (Phi) is 6.48. The topological polar surface area (TPSA) is 66.5 Å². The summed E-state index contributed by atoms with van der Waals surface area (Å²) in [6.45, 7) is 4.07. The Morgan fingerprint density at radius 2 is 1.60 bits per heavy atom. The van der Waals surface area contributed by atoms with Crippen molar-refractivity contribution in [2.45, 2.75) is 20.4 Å². The van der Waals surface area contributed by atoms with Gasteiger partial charge in [-0.15, -0.1) is 0 Å². The van der Waals surface area contributed by atoms with Crippen molar-refractivity contribution in [3.05, 3.63) is 94.0 Å². The lowest BCUT2D eigenvalue weighted by Crippen LogP contribution is -2.29. The van der Waals surface area contributed by atoms with Crippen molar-refractivity contribution in [1.82, 2.24) is 0 Å². The van der Waals surface area contributed by atoms with Crippen LogP contribution in [0.3, 0.4) is 0 Å². The summed E-state index contributed by atoms with van der Waals surface area (Å²) in [6.07, 6.45) is 1.17. The van der Waals surface area contributed by atoms with Gasteiger partial charge in [0.2, 0.25) is 10.0 Å². The van der Waals surface area contributed by atoms with E-state index >= 15 is 0 Å². The fourth-order valence-electron chi connectivity index (χ4n) is 2.96. The summed E-state index contributed by atoms with van der Waals surface area (Å²) in [5.74, 6) is -0.295. The Labute approximate surface area is 182 Å². The molecule has 7 heteroatoms. The first kappa shape index (κ1) is 21.9. The van der Waals surface area contributed by atoms with Crippen LogP contribution < -0.4 is 9.62 Å². The van der Waals surface area contributed by atoms with Crippen molar-refractivity contribution in [2.24, 2.45) is 0 Å². The number of anilines is 2. The molecule has 0 fully saturated rings. The van der Waals surface area contributed by atoms with Crippen LogP contribution in [0.2, 0.25) is 5.02 Å². The van der Waals surface area contributed by atoms with Crippen molar-refractivity contribution in [3.8, 4) is 0 Å². The fourth-order valence-corrected chi connectivity index (χ4v) is 4.02. The van der Waals surface area contributed by atoms with Crippen LogP contribution in [0.4, 0.5) is 11.4 Å². The highest BCUT2D eigenvalue weighted by atomic mass is 35.5. The number of hydrogen-bond donors (Lipinski definition) is 1. The Hall–Kier alpha value is -2.83. The number of amides is 1. The monoisotopic (exact) mass is 442 g/mol. The van der Waals surface area contributed by atoms with Gasteiger partial charge < -0.3 is 5.32 Å². The first-order valence-corrected chi connectivity index (χ1v) is 11.6. The number of carbonyl (C=O) groups is 1. The van der Waals surface area contributed by atoms with Gasteiger partial charge in [-0.25, -0.2) is 8.42 Å². The molecule has 0 bridgehead atoms. The number of rotatable bonds is 6. The number of benzene rings is 3. The first-order valence-electron chi connectivity index (χ1n) is 9.34. The molecule has 0 aliphatic heterocycles. The van der Waals surface area contributed by atoms with Gasteiger partial charge in [-0.05, 0) is 61.4 Å². The standard InChI is InChI=1S/C23H23ClN2O3S/c1-16-4-7-18(8-5-16)15-26(30(3,28)29)21-12-9-19(10-13-21)23(27)25-22-14-20(24)11-6-17(22)2/h4-14H,15H2,1-3H3,(H,25,27). The van der Waals surface area contributed by atoms with E-state index in [9.17, 15) is 13.2 Å². The van der Waals surface area contributed by atoms with E-state index in [1.807, 2.05) is 44.2 Å². The van der Waals surface area contributed by atoms with Gasteiger partial charge in [-0.1, -0.05) is 47.5 Å². The first-order chi connectivity index (χ1) is 14.1. The number of carbonyl (C=O) groups excluding carboxylic acids is 1. The largest absolute Gasteiger partial charge is 0.322 e. The second-order valence-electron chi connectivity index (χ2n) is 7.22. The van der Waals surface area contributed by atoms with Gasteiger partial charge >= 0.3 is 0 Å². The number of sulfonamides is 1.